The lowest BCUT2D eigenvalue weighted by molar-refractivity contribution is 0.276. The Morgan fingerprint density at radius 3 is 3.00 bits per heavy atom. The smallest absolute Gasteiger partial charge is 0.0964 e. The average Bonchev–Trinajstić information content (AvgIpc) is 2.84. The van der Waals surface area contributed by atoms with E-state index in [1.165, 1.54) is 5.56 Å². The third-order valence-electron chi connectivity index (χ3n) is 2.66. The second kappa shape index (κ2) is 7.37. The molecule has 0 atom stereocenters. The Morgan fingerprint density at radius 1 is 1.32 bits per heavy atom. The number of aliphatic hydroxyl groups is 1. The molecule has 0 unspecified atom stereocenters. The van der Waals surface area contributed by atoms with Gasteiger partial charge in [0.1, 0.15) is 0 Å². The summed E-state index contributed by atoms with van der Waals surface area (Å²) in [5, 5.41) is 20.2. The molecule has 0 aliphatic carbocycles. The summed E-state index contributed by atoms with van der Waals surface area (Å²) in [5.41, 5.74) is 2.13. The molecule has 1 heterocycles. The fourth-order valence-corrected chi connectivity index (χ4v) is 2.19. The number of aromatic nitrogens is 3. The number of nitrogens with zero attached hydrogens (tertiary/aromatic N) is 3. The van der Waals surface area contributed by atoms with Crippen LogP contribution in [0.4, 0.5) is 0 Å². The maximum Gasteiger partial charge on any atom is 0.0964 e. The summed E-state index contributed by atoms with van der Waals surface area (Å²) in [6.45, 7) is 2.36. The molecule has 102 valence electrons. The van der Waals surface area contributed by atoms with Crippen molar-refractivity contribution in [1.29, 1.82) is 0 Å². The lowest BCUT2D eigenvalue weighted by atomic mass is 10.2. The van der Waals surface area contributed by atoms with Crippen molar-refractivity contribution in [1.82, 2.24) is 20.3 Å². The van der Waals surface area contributed by atoms with E-state index in [1.807, 2.05) is 18.3 Å². The number of benzene rings is 1. The number of nitrogens with one attached hydrogen (secondary N) is 1. The predicted octanol–water partition coefficient (Wildman–Crippen LogP) is 1.71. The van der Waals surface area contributed by atoms with Crippen molar-refractivity contribution in [2.45, 2.75) is 26.1 Å². The molecular formula is C13H17BrN4O. The van der Waals surface area contributed by atoms with E-state index in [9.17, 15) is 0 Å². The van der Waals surface area contributed by atoms with Crippen LogP contribution in [0.1, 0.15) is 17.7 Å². The van der Waals surface area contributed by atoms with Gasteiger partial charge in [-0.1, -0.05) is 33.3 Å². The van der Waals surface area contributed by atoms with Crippen molar-refractivity contribution < 1.29 is 5.11 Å². The van der Waals surface area contributed by atoms with Crippen molar-refractivity contribution in [2.75, 3.05) is 6.61 Å². The minimum absolute atomic E-state index is 0.177. The van der Waals surface area contributed by atoms with Crippen LogP contribution in [0.2, 0.25) is 0 Å². The predicted molar refractivity (Wildman–Crippen MR) is 76.4 cm³/mol. The molecule has 0 saturated carbocycles. The molecule has 0 aliphatic heterocycles. The second-order valence-electron chi connectivity index (χ2n) is 4.28. The molecule has 0 aliphatic rings. The van der Waals surface area contributed by atoms with Gasteiger partial charge in [0.05, 0.1) is 5.69 Å². The molecule has 6 heteroatoms. The zero-order chi connectivity index (χ0) is 13.5. The van der Waals surface area contributed by atoms with Gasteiger partial charge in [-0.2, -0.15) is 0 Å². The van der Waals surface area contributed by atoms with Gasteiger partial charge in [-0.3, -0.25) is 4.68 Å². The van der Waals surface area contributed by atoms with E-state index in [2.05, 4.69) is 43.7 Å². The SMILES string of the molecule is OCCCn1cc(CNCc2cccc(Br)c2)nn1. The highest BCUT2D eigenvalue weighted by Gasteiger charge is 2.00. The summed E-state index contributed by atoms with van der Waals surface area (Å²) >= 11 is 3.45. The van der Waals surface area contributed by atoms with E-state index < -0.39 is 0 Å². The Kier molecular flexibility index (Phi) is 5.50. The molecule has 19 heavy (non-hydrogen) atoms. The van der Waals surface area contributed by atoms with Crippen LogP contribution in [0.3, 0.4) is 0 Å². The largest absolute Gasteiger partial charge is 0.396 e. The molecule has 2 aromatic rings. The van der Waals surface area contributed by atoms with Gasteiger partial charge in [0.2, 0.25) is 0 Å². The van der Waals surface area contributed by atoms with Crippen LogP contribution in [0.5, 0.6) is 0 Å². The normalized spacial score (nSPS) is 10.8. The number of aryl methyl sites for hydroxylation is 1. The molecule has 0 spiro atoms. The number of halogens is 1. The van der Waals surface area contributed by atoms with Crippen LogP contribution in [0.15, 0.2) is 34.9 Å². The van der Waals surface area contributed by atoms with Gasteiger partial charge in [0.25, 0.3) is 0 Å². The summed E-state index contributed by atoms with van der Waals surface area (Å²) in [6, 6.07) is 8.20. The summed E-state index contributed by atoms with van der Waals surface area (Å²) in [7, 11) is 0. The van der Waals surface area contributed by atoms with E-state index in [4.69, 9.17) is 5.11 Å². The zero-order valence-electron chi connectivity index (χ0n) is 10.6. The summed E-state index contributed by atoms with van der Waals surface area (Å²) in [4.78, 5) is 0. The van der Waals surface area contributed by atoms with Gasteiger partial charge in [-0.15, -0.1) is 5.10 Å². The monoisotopic (exact) mass is 324 g/mol. The van der Waals surface area contributed by atoms with E-state index in [-0.39, 0.29) is 6.61 Å². The summed E-state index contributed by atoms with van der Waals surface area (Å²) < 4.78 is 2.84. The fraction of sp³-hybridized carbons (Fsp3) is 0.385. The van der Waals surface area contributed by atoms with Gasteiger partial charge in [-0.05, 0) is 24.1 Å². The number of aliphatic hydroxyl groups excluding tert-OH is 1. The Labute approximate surface area is 120 Å². The molecule has 1 aromatic carbocycles. The highest BCUT2D eigenvalue weighted by Crippen LogP contribution is 2.11. The Bertz CT molecular complexity index is 515. The minimum Gasteiger partial charge on any atom is -0.396 e. The highest BCUT2D eigenvalue weighted by atomic mass is 79.9. The Balaban J connectivity index is 1.77. The number of hydrogen-bond donors (Lipinski definition) is 2. The molecule has 2 rings (SSSR count). The maximum atomic E-state index is 8.75. The number of rotatable bonds is 7. The van der Waals surface area contributed by atoms with Crippen molar-refractivity contribution in [3.05, 3.63) is 46.2 Å². The molecule has 0 radical (unpaired) electrons. The average molecular weight is 325 g/mol. The first-order chi connectivity index (χ1) is 9.28. The van der Waals surface area contributed by atoms with Crippen molar-refractivity contribution >= 4 is 15.9 Å². The third-order valence-corrected chi connectivity index (χ3v) is 3.15. The molecule has 5 nitrogen and oxygen atoms in total. The molecule has 0 fully saturated rings. The van der Waals surface area contributed by atoms with E-state index >= 15 is 0 Å². The van der Waals surface area contributed by atoms with Crippen molar-refractivity contribution in [3.63, 3.8) is 0 Å². The van der Waals surface area contributed by atoms with Crippen LogP contribution in [-0.2, 0) is 19.6 Å². The van der Waals surface area contributed by atoms with Crippen molar-refractivity contribution in [3.8, 4) is 0 Å². The summed E-state index contributed by atoms with van der Waals surface area (Å²) in [5.74, 6) is 0. The molecule has 0 saturated heterocycles. The topological polar surface area (TPSA) is 63.0 Å². The van der Waals surface area contributed by atoms with E-state index in [1.54, 1.807) is 4.68 Å². The molecule has 0 amide bonds. The van der Waals surface area contributed by atoms with Crippen LogP contribution >= 0.6 is 15.9 Å². The first-order valence-corrected chi connectivity index (χ1v) is 7.02. The van der Waals surface area contributed by atoms with Crippen LogP contribution in [0.25, 0.3) is 0 Å². The first-order valence-electron chi connectivity index (χ1n) is 6.23. The quantitative estimate of drug-likeness (QED) is 0.814. The van der Waals surface area contributed by atoms with Gasteiger partial charge >= 0.3 is 0 Å². The third kappa shape index (κ3) is 4.74. The van der Waals surface area contributed by atoms with Crippen LogP contribution in [-0.4, -0.2) is 26.7 Å². The second-order valence-corrected chi connectivity index (χ2v) is 5.20. The Hall–Kier alpha value is -1.24. The minimum atomic E-state index is 0.177. The highest BCUT2D eigenvalue weighted by molar-refractivity contribution is 9.10. The maximum absolute atomic E-state index is 8.75. The van der Waals surface area contributed by atoms with Gasteiger partial charge in [0, 0.05) is 36.9 Å². The van der Waals surface area contributed by atoms with Gasteiger partial charge < -0.3 is 10.4 Å². The lowest BCUT2D eigenvalue weighted by Gasteiger charge is -2.03. The molecular weight excluding hydrogens is 308 g/mol. The van der Waals surface area contributed by atoms with Gasteiger partial charge in [-0.25, -0.2) is 0 Å². The van der Waals surface area contributed by atoms with E-state index in [0.717, 1.165) is 16.7 Å². The molecule has 0 bridgehead atoms. The summed E-state index contributed by atoms with van der Waals surface area (Å²) in [6.07, 6.45) is 2.61. The van der Waals surface area contributed by atoms with E-state index in [0.29, 0.717) is 19.5 Å². The van der Waals surface area contributed by atoms with Crippen LogP contribution < -0.4 is 5.32 Å². The fourth-order valence-electron chi connectivity index (χ4n) is 1.74. The zero-order valence-corrected chi connectivity index (χ0v) is 12.2. The standard InChI is InChI=1S/C13H17BrN4O/c14-12-4-1-3-11(7-12)8-15-9-13-10-18(17-16-13)5-2-6-19/h1,3-4,7,10,15,19H,2,5-6,8-9H2. The number of hydrogen-bond acceptors (Lipinski definition) is 4. The molecule has 1 aromatic heterocycles. The molecule has 2 N–H and O–H groups in total. The van der Waals surface area contributed by atoms with Crippen molar-refractivity contribution in [2.24, 2.45) is 0 Å². The van der Waals surface area contributed by atoms with Crippen LogP contribution in [0, 0.1) is 0 Å². The lowest BCUT2D eigenvalue weighted by Crippen LogP contribution is -2.12. The Morgan fingerprint density at radius 2 is 2.21 bits per heavy atom. The first kappa shape index (κ1) is 14.2. The van der Waals surface area contributed by atoms with Gasteiger partial charge in [0.15, 0.2) is 0 Å².